The number of benzene rings is 1. The number of hydrogen-bond donors (Lipinski definition) is 0. The number of piperidine rings is 1. The molecule has 0 aliphatic carbocycles. The van der Waals surface area contributed by atoms with Crippen molar-refractivity contribution in [2.75, 3.05) is 44.3 Å². The number of morpholine rings is 1. The molecule has 228 valence electrons. The van der Waals surface area contributed by atoms with Crippen molar-refractivity contribution in [1.29, 1.82) is 0 Å². The molecular formula is C31H38N6O2S4. The summed E-state index contributed by atoms with van der Waals surface area (Å²) in [6.07, 6.45) is 6.53. The van der Waals surface area contributed by atoms with Crippen molar-refractivity contribution in [2.24, 2.45) is 10.2 Å². The fourth-order valence-corrected chi connectivity index (χ4v) is 9.60. The van der Waals surface area contributed by atoms with Gasteiger partial charge in [-0.1, -0.05) is 23.6 Å². The van der Waals surface area contributed by atoms with E-state index in [0.717, 1.165) is 77.7 Å². The van der Waals surface area contributed by atoms with Crippen LogP contribution in [0.1, 0.15) is 58.3 Å². The van der Waals surface area contributed by atoms with Gasteiger partial charge in [0.1, 0.15) is 9.15 Å². The lowest BCUT2D eigenvalue weighted by Crippen LogP contribution is -2.58. The molecule has 3 aliphatic rings. The van der Waals surface area contributed by atoms with E-state index in [-0.39, 0.29) is 16.2 Å². The first kappa shape index (κ1) is 30.8. The first-order valence-corrected chi connectivity index (χ1v) is 17.7. The van der Waals surface area contributed by atoms with Crippen LogP contribution < -0.4 is 4.90 Å². The number of azo groups is 1. The molecule has 0 spiro atoms. The zero-order valence-electron chi connectivity index (χ0n) is 25.2. The summed E-state index contributed by atoms with van der Waals surface area (Å²) in [5, 5.41) is 9.55. The minimum absolute atomic E-state index is 0.00834. The van der Waals surface area contributed by atoms with Crippen molar-refractivity contribution in [3.05, 3.63) is 40.9 Å². The van der Waals surface area contributed by atoms with Crippen LogP contribution in [-0.2, 0) is 9.53 Å². The van der Waals surface area contributed by atoms with Gasteiger partial charge < -0.3 is 14.5 Å². The van der Waals surface area contributed by atoms with E-state index < -0.39 is 0 Å². The number of carbonyl (C=O) groups is 1. The summed E-state index contributed by atoms with van der Waals surface area (Å²) in [5.74, 6) is 0. The molecule has 2 aromatic heterocycles. The summed E-state index contributed by atoms with van der Waals surface area (Å²) < 4.78 is 7.11. The number of thiophene rings is 1. The minimum atomic E-state index is 0.00834. The molecule has 3 aliphatic heterocycles. The largest absolute Gasteiger partial charge is 0.379 e. The van der Waals surface area contributed by atoms with Crippen LogP contribution >= 0.6 is 46.7 Å². The van der Waals surface area contributed by atoms with Gasteiger partial charge in [0.15, 0.2) is 0 Å². The Bertz CT molecular complexity index is 1500. The molecule has 43 heavy (non-hydrogen) atoms. The van der Waals surface area contributed by atoms with Crippen LogP contribution in [0.15, 0.2) is 46.3 Å². The average Bonchev–Trinajstić information content (AvgIpc) is 3.59. The molecule has 0 radical (unpaired) electrons. The zero-order valence-corrected chi connectivity index (χ0v) is 28.4. The summed E-state index contributed by atoms with van der Waals surface area (Å²) in [6.45, 7) is 14.5. The van der Waals surface area contributed by atoms with E-state index in [4.69, 9.17) is 21.9 Å². The molecule has 1 aromatic carbocycles. The Morgan fingerprint density at radius 2 is 1.74 bits per heavy atom. The lowest BCUT2D eigenvalue weighted by atomic mass is 9.79. The molecule has 0 N–H and O–H groups in total. The number of thioether (sulfide) groups is 1. The van der Waals surface area contributed by atoms with E-state index in [1.54, 1.807) is 11.3 Å². The number of anilines is 1. The highest BCUT2D eigenvalue weighted by Gasteiger charge is 2.41. The monoisotopic (exact) mass is 654 g/mol. The molecule has 0 atom stereocenters. The molecule has 8 nitrogen and oxygen atoms in total. The minimum Gasteiger partial charge on any atom is -0.379 e. The van der Waals surface area contributed by atoms with E-state index in [9.17, 15) is 4.79 Å². The van der Waals surface area contributed by atoms with Gasteiger partial charge in [-0.2, -0.15) is 0 Å². The van der Waals surface area contributed by atoms with Crippen LogP contribution in [0, 0.1) is 0 Å². The zero-order chi connectivity index (χ0) is 30.2. The summed E-state index contributed by atoms with van der Waals surface area (Å²) in [5.41, 5.74) is 2.92. The summed E-state index contributed by atoms with van der Waals surface area (Å²) in [6, 6.07) is 10.5. The van der Waals surface area contributed by atoms with E-state index in [1.165, 1.54) is 36.3 Å². The number of ether oxygens (including phenoxy) is 1. The first-order chi connectivity index (χ1) is 20.6. The fourth-order valence-electron chi connectivity index (χ4n) is 6.48. The van der Waals surface area contributed by atoms with Crippen molar-refractivity contribution in [2.45, 2.75) is 64.5 Å². The van der Waals surface area contributed by atoms with Gasteiger partial charge in [0.25, 0.3) is 0 Å². The van der Waals surface area contributed by atoms with Crippen molar-refractivity contribution < 1.29 is 9.53 Å². The smallest absolute Gasteiger partial charge is 0.242 e. The van der Waals surface area contributed by atoms with Crippen LogP contribution in [0.3, 0.4) is 0 Å². The molecule has 0 bridgehead atoms. The summed E-state index contributed by atoms with van der Waals surface area (Å²) >= 11 is 9.75. The van der Waals surface area contributed by atoms with E-state index in [0.29, 0.717) is 15.1 Å². The molecule has 3 saturated heterocycles. The van der Waals surface area contributed by atoms with Gasteiger partial charge in [-0.3, -0.25) is 9.69 Å². The maximum absolute atomic E-state index is 12.8. The van der Waals surface area contributed by atoms with Crippen LogP contribution in [0.25, 0.3) is 15.6 Å². The number of thiocarbonyl (C=S) groups is 1. The normalized spacial score (nSPS) is 22.1. The van der Waals surface area contributed by atoms with Crippen molar-refractivity contribution in [1.82, 2.24) is 14.8 Å². The number of fused-ring (bicyclic) bond motifs is 1. The lowest BCUT2D eigenvalue weighted by Gasteiger charge is -2.54. The number of rotatable bonds is 8. The number of aromatic nitrogens is 1. The van der Waals surface area contributed by atoms with Gasteiger partial charge in [0, 0.05) is 47.8 Å². The highest BCUT2D eigenvalue weighted by molar-refractivity contribution is 8.33. The fraction of sp³-hybridized carbons (Fsp3) is 0.516. The maximum Gasteiger partial charge on any atom is 0.242 e. The lowest BCUT2D eigenvalue weighted by molar-refractivity contribution is -0.108. The van der Waals surface area contributed by atoms with Gasteiger partial charge >= 0.3 is 0 Å². The van der Waals surface area contributed by atoms with Gasteiger partial charge in [-0.15, -0.1) is 21.6 Å². The second kappa shape index (κ2) is 12.6. The van der Waals surface area contributed by atoms with Crippen LogP contribution in [0.4, 0.5) is 16.5 Å². The Morgan fingerprint density at radius 1 is 1.02 bits per heavy atom. The Balaban J connectivity index is 1.11. The van der Waals surface area contributed by atoms with Gasteiger partial charge in [-0.05, 0) is 102 Å². The molecule has 3 fully saturated rings. The van der Waals surface area contributed by atoms with Gasteiger partial charge in [0.05, 0.1) is 29.3 Å². The quantitative estimate of drug-likeness (QED) is 0.137. The number of carbonyl (C=O) groups excluding carboxylic acids is 1. The topological polar surface area (TPSA) is 73.6 Å². The summed E-state index contributed by atoms with van der Waals surface area (Å²) in [4.78, 5) is 26.3. The van der Waals surface area contributed by atoms with Gasteiger partial charge in [-0.25, -0.2) is 4.98 Å². The van der Waals surface area contributed by atoms with E-state index in [2.05, 4.69) is 65.9 Å². The highest BCUT2D eigenvalue weighted by Crippen LogP contribution is 2.42. The van der Waals surface area contributed by atoms with Crippen LogP contribution in [0.5, 0.6) is 0 Å². The van der Waals surface area contributed by atoms with E-state index in [1.807, 2.05) is 23.1 Å². The van der Waals surface area contributed by atoms with Crippen molar-refractivity contribution >= 4 is 88.2 Å². The SMILES string of the molecule is CC1(C)CCCC(C)(C)N1c1ccc(/N=N/c2nc3sc(/C=C4\C(=O)SC(=S)N4CCCN4CCOCC4)cc3s2)cc1. The molecule has 6 rings (SSSR count). The number of hydrogen-bond acceptors (Lipinski definition) is 11. The maximum atomic E-state index is 12.8. The third-order valence-electron chi connectivity index (χ3n) is 8.38. The molecular weight excluding hydrogens is 617 g/mol. The second-order valence-electron chi connectivity index (χ2n) is 12.5. The summed E-state index contributed by atoms with van der Waals surface area (Å²) in [7, 11) is 0. The molecule has 3 aromatic rings. The highest BCUT2D eigenvalue weighted by atomic mass is 32.2. The Hall–Kier alpha value is -2.22. The predicted molar refractivity (Wildman–Crippen MR) is 184 cm³/mol. The molecule has 5 heterocycles. The standard InChI is InChI=1S/C31H38N6O2S4/c1-30(2)11-5-12-31(3,4)37(30)22-9-7-21(8-10-22)33-34-28-32-26-25(42-28)20-23(41-26)19-24-27(38)43-29(40)36(24)14-6-13-35-15-17-39-18-16-35/h7-10,19-20H,5-6,11-18H2,1-4H3/b24-19+,34-33+. The predicted octanol–water partition coefficient (Wildman–Crippen LogP) is 8.24. The third kappa shape index (κ3) is 6.89. The Morgan fingerprint density at radius 3 is 2.44 bits per heavy atom. The second-order valence-corrected chi connectivity index (χ2v) is 16.2. The molecule has 0 amide bonds. The third-order valence-corrected chi connectivity index (χ3v) is 11.6. The first-order valence-electron chi connectivity index (χ1n) is 14.9. The average molecular weight is 655 g/mol. The van der Waals surface area contributed by atoms with E-state index >= 15 is 0 Å². The van der Waals surface area contributed by atoms with Gasteiger partial charge in [0.2, 0.25) is 10.2 Å². The Labute approximate surface area is 271 Å². The van der Waals surface area contributed by atoms with Crippen LogP contribution in [0.2, 0.25) is 0 Å². The molecule has 12 heteroatoms. The Kier molecular flexibility index (Phi) is 9.06. The molecule has 0 saturated carbocycles. The van der Waals surface area contributed by atoms with Crippen molar-refractivity contribution in [3.8, 4) is 0 Å². The number of thiazole rings is 1. The van der Waals surface area contributed by atoms with Crippen LogP contribution in [-0.4, -0.2) is 74.7 Å². The van der Waals surface area contributed by atoms with Crippen molar-refractivity contribution in [3.63, 3.8) is 0 Å². The molecule has 0 unspecified atom stereocenters. The number of nitrogens with zero attached hydrogens (tertiary/aromatic N) is 6.